The molecule has 2 heterocycles. The predicted molar refractivity (Wildman–Crippen MR) is 160 cm³/mol. The SMILES string of the molecule is CC12C(=O)N(c3ccc(F)c(Cl)c3)C(=O)C1CC1C(=CCC3C(=O)N(c4cccc(C(=O)O)c4)C(=O)C31)C2c1ccccc1O. The van der Waals surface area contributed by atoms with Crippen LogP contribution in [0, 0.1) is 34.9 Å². The number of hydrogen-bond acceptors (Lipinski definition) is 6. The van der Waals surface area contributed by atoms with Gasteiger partial charge in [0.25, 0.3) is 0 Å². The van der Waals surface area contributed by atoms with Crippen LogP contribution < -0.4 is 9.80 Å². The lowest BCUT2D eigenvalue weighted by Crippen LogP contribution is -2.48. The molecule has 2 N–H and O–H groups in total. The number of phenols is 1. The molecule has 2 aliphatic heterocycles. The van der Waals surface area contributed by atoms with Crippen LogP contribution in [0.4, 0.5) is 15.8 Å². The zero-order valence-corrected chi connectivity index (χ0v) is 24.6. The number of aromatic hydroxyl groups is 1. The summed E-state index contributed by atoms with van der Waals surface area (Å²) in [6.07, 6.45) is 2.11. The Hall–Kier alpha value is -4.83. The molecule has 0 aromatic heterocycles. The van der Waals surface area contributed by atoms with E-state index in [0.717, 1.165) is 15.9 Å². The zero-order chi connectivity index (χ0) is 31.9. The van der Waals surface area contributed by atoms with Crippen LogP contribution in [0.5, 0.6) is 5.75 Å². The number of carboxylic acid groups (broad SMARTS) is 1. The van der Waals surface area contributed by atoms with Crippen LogP contribution in [0.1, 0.15) is 41.6 Å². The number of nitrogens with zero attached hydrogens (tertiary/aromatic N) is 2. The minimum Gasteiger partial charge on any atom is -0.508 e. The third-order valence-electron chi connectivity index (χ3n) is 10.0. The maximum Gasteiger partial charge on any atom is 0.335 e. The molecule has 0 radical (unpaired) electrons. The van der Waals surface area contributed by atoms with Gasteiger partial charge in [-0.15, -0.1) is 0 Å². The number of benzene rings is 3. The number of imide groups is 2. The van der Waals surface area contributed by atoms with Crippen molar-refractivity contribution in [2.75, 3.05) is 9.80 Å². The number of aromatic carboxylic acids is 1. The van der Waals surface area contributed by atoms with E-state index in [1.165, 1.54) is 42.5 Å². The summed E-state index contributed by atoms with van der Waals surface area (Å²) in [6.45, 7) is 1.68. The van der Waals surface area contributed by atoms with E-state index in [4.69, 9.17) is 11.6 Å². The van der Waals surface area contributed by atoms with Crippen LogP contribution in [0.3, 0.4) is 0 Å². The second-order valence-corrected chi connectivity index (χ2v) is 12.6. The van der Waals surface area contributed by atoms with E-state index in [-0.39, 0.29) is 40.6 Å². The molecule has 6 unspecified atom stereocenters. The van der Waals surface area contributed by atoms with E-state index in [2.05, 4.69) is 0 Å². The molecule has 2 saturated heterocycles. The maximum absolute atomic E-state index is 14.4. The summed E-state index contributed by atoms with van der Waals surface area (Å²) < 4.78 is 14.0. The van der Waals surface area contributed by atoms with Crippen molar-refractivity contribution in [3.63, 3.8) is 0 Å². The highest BCUT2D eigenvalue weighted by molar-refractivity contribution is 6.32. The van der Waals surface area contributed by atoms with Gasteiger partial charge in [-0.3, -0.25) is 24.1 Å². The van der Waals surface area contributed by atoms with Crippen LogP contribution in [-0.2, 0) is 19.2 Å². The first-order chi connectivity index (χ1) is 21.4. The number of fused-ring (bicyclic) bond motifs is 4. The lowest BCUT2D eigenvalue weighted by Gasteiger charge is -2.49. The molecule has 3 fully saturated rings. The number of halogens is 2. The van der Waals surface area contributed by atoms with Gasteiger partial charge in [0.2, 0.25) is 23.6 Å². The first kappa shape index (κ1) is 28.9. The number of carbonyl (C=O) groups is 5. The van der Waals surface area contributed by atoms with Gasteiger partial charge in [-0.1, -0.05) is 47.5 Å². The van der Waals surface area contributed by atoms with Crippen LogP contribution in [0.15, 0.2) is 78.4 Å². The van der Waals surface area contributed by atoms with E-state index >= 15 is 0 Å². The van der Waals surface area contributed by atoms with Gasteiger partial charge in [-0.2, -0.15) is 0 Å². The number of hydrogen-bond donors (Lipinski definition) is 2. The van der Waals surface area contributed by atoms with Gasteiger partial charge in [0, 0.05) is 11.5 Å². The molecule has 0 spiro atoms. The standard InChI is InChI=1S/C34H26ClFN2O7/c1-34-23(30(41)38(33(34)45)18-9-12-25(36)24(35)14-18)15-22-19(28(34)20-7-2-3-8-26(20)39)10-11-21-27(22)31(42)37(29(21)40)17-6-4-5-16(13-17)32(43)44/h2-10,12-14,21-23,27-28,39H,11,15H2,1H3,(H,43,44). The summed E-state index contributed by atoms with van der Waals surface area (Å²) >= 11 is 6.03. The average molecular weight is 629 g/mol. The number of para-hydroxylation sites is 1. The summed E-state index contributed by atoms with van der Waals surface area (Å²) in [5.74, 6) is -8.11. The van der Waals surface area contributed by atoms with Gasteiger partial charge in [0.05, 0.1) is 45.1 Å². The fraction of sp³-hybridized carbons (Fsp3) is 0.265. The first-order valence-electron chi connectivity index (χ1n) is 14.5. The molecule has 3 aromatic carbocycles. The fourth-order valence-electron chi connectivity index (χ4n) is 7.99. The Bertz CT molecular complexity index is 1890. The number of carbonyl (C=O) groups excluding carboxylic acids is 4. The van der Waals surface area contributed by atoms with Gasteiger partial charge in [-0.25, -0.2) is 14.1 Å². The summed E-state index contributed by atoms with van der Waals surface area (Å²) in [4.78, 5) is 70.1. The minimum atomic E-state index is -1.40. The van der Waals surface area contributed by atoms with Crippen LogP contribution in [-0.4, -0.2) is 39.8 Å². The minimum absolute atomic E-state index is 0.0750. The molecule has 0 bridgehead atoms. The molecule has 1 saturated carbocycles. The molecule has 45 heavy (non-hydrogen) atoms. The highest BCUT2D eigenvalue weighted by Crippen LogP contribution is 2.64. The zero-order valence-electron chi connectivity index (χ0n) is 23.8. The largest absolute Gasteiger partial charge is 0.508 e. The second-order valence-electron chi connectivity index (χ2n) is 12.2. The van der Waals surface area contributed by atoms with Crippen molar-refractivity contribution in [2.45, 2.75) is 25.7 Å². The molecule has 9 nitrogen and oxygen atoms in total. The molecule has 2 aliphatic carbocycles. The average Bonchev–Trinajstić information content (AvgIpc) is 3.38. The van der Waals surface area contributed by atoms with Crippen molar-refractivity contribution in [1.29, 1.82) is 0 Å². The lowest BCUT2D eigenvalue weighted by molar-refractivity contribution is -0.131. The van der Waals surface area contributed by atoms with E-state index in [0.29, 0.717) is 11.1 Å². The molecule has 3 aromatic rings. The summed E-state index contributed by atoms with van der Waals surface area (Å²) in [7, 11) is 0. The second kappa shape index (κ2) is 10.1. The van der Waals surface area contributed by atoms with Crippen LogP contribution in [0.25, 0.3) is 0 Å². The summed E-state index contributed by atoms with van der Waals surface area (Å²) in [5, 5.41) is 20.3. The van der Waals surface area contributed by atoms with Gasteiger partial charge in [0.15, 0.2) is 0 Å². The van der Waals surface area contributed by atoms with Crippen molar-refractivity contribution in [1.82, 2.24) is 0 Å². The third kappa shape index (κ3) is 4.01. The molecule has 6 atom stereocenters. The lowest BCUT2D eigenvalue weighted by atomic mass is 9.51. The molecule has 228 valence electrons. The van der Waals surface area contributed by atoms with Crippen molar-refractivity contribution in [3.05, 3.63) is 100 Å². The highest BCUT2D eigenvalue weighted by atomic mass is 35.5. The number of anilines is 2. The summed E-state index contributed by atoms with van der Waals surface area (Å²) in [6, 6.07) is 15.7. The number of carboxylic acids is 1. The van der Waals surface area contributed by atoms with Gasteiger partial charge in [0.1, 0.15) is 11.6 Å². The Morgan fingerprint density at radius 3 is 2.36 bits per heavy atom. The fourth-order valence-corrected chi connectivity index (χ4v) is 8.17. The smallest absolute Gasteiger partial charge is 0.335 e. The molecule has 11 heteroatoms. The number of phenolic OH excluding ortho intramolecular Hbond substituents is 1. The van der Waals surface area contributed by atoms with Crippen molar-refractivity contribution >= 4 is 52.6 Å². The van der Waals surface area contributed by atoms with Crippen molar-refractivity contribution in [3.8, 4) is 5.75 Å². The van der Waals surface area contributed by atoms with Gasteiger partial charge < -0.3 is 10.2 Å². The topological polar surface area (TPSA) is 132 Å². The Labute approximate surface area is 261 Å². The predicted octanol–water partition coefficient (Wildman–Crippen LogP) is 5.32. The number of rotatable bonds is 4. The Morgan fingerprint density at radius 2 is 1.64 bits per heavy atom. The number of allylic oxidation sites excluding steroid dienone is 2. The Morgan fingerprint density at radius 1 is 0.911 bits per heavy atom. The van der Waals surface area contributed by atoms with Gasteiger partial charge in [-0.05, 0) is 68.1 Å². The highest BCUT2D eigenvalue weighted by Gasteiger charge is 2.68. The third-order valence-corrected chi connectivity index (χ3v) is 10.3. The Balaban J connectivity index is 1.36. The summed E-state index contributed by atoms with van der Waals surface area (Å²) in [5.41, 5.74) is -0.139. The van der Waals surface area contributed by atoms with E-state index < -0.39 is 70.4 Å². The monoisotopic (exact) mass is 628 g/mol. The first-order valence-corrected chi connectivity index (χ1v) is 14.8. The van der Waals surface area contributed by atoms with E-state index in [9.17, 15) is 38.6 Å². The molecule has 4 aliphatic rings. The van der Waals surface area contributed by atoms with E-state index in [1.54, 1.807) is 25.1 Å². The maximum atomic E-state index is 14.4. The molecule has 7 rings (SSSR count). The Kier molecular flexibility index (Phi) is 6.49. The van der Waals surface area contributed by atoms with Crippen LogP contribution >= 0.6 is 11.6 Å². The molecular formula is C34H26ClFN2O7. The van der Waals surface area contributed by atoms with Crippen molar-refractivity contribution < 1.29 is 38.6 Å². The quantitative estimate of drug-likeness (QED) is 0.295. The van der Waals surface area contributed by atoms with Gasteiger partial charge >= 0.3 is 5.97 Å². The van der Waals surface area contributed by atoms with Crippen LogP contribution in [0.2, 0.25) is 5.02 Å². The number of amides is 4. The molecular weight excluding hydrogens is 603 g/mol. The van der Waals surface area contributed by atoms with Crippen molar-refractivity contribution in [2.24, 2.45) is 29.1 Å². The van der Waals surface area contributed by atoms with E-state index in [1.807, 2.05) is 6.08 Å². The normalized spacial score (nSPS) is 29.0. The molecule has 4 amide bonds.